The number of carboxylic acids is 1. The zero-order valence-corrected chi connectivity index (χ0v) is 32.3. The lowest BCUT2D eigenvalue weighted by molar-refractivity contribution is -0.155. The minimum atomic E-state index is -0.553. The topological polar surface area (TPSA) is 37.3 Å². The van der Waals surface area contributed by atoms with Gasteiger partial charge >= 0.3 is 5.97 Å². The molecule has 0 aliphatic carbocycles. The summed E-state index contributed by atoms with van der Waals surface area (Å²) in [5, 5.41) is 11.0. The SMILES string of the molecule is C=CC=CC=CCCCCCC(CCCCCC)C(CCCCCCC=CCC=CCC=CCC)(CCCCCCCCCC)C(=O)O. The van der Waals surface area contributed by atoms with E-state index in [1.54, 1.807) is 6.08 Å². The molecule has 0 aliphatic heterocycles. The van der Waals surface area contributed by atoms with Crippen LogP contribution in [-0.4, -0.2) is 11.1 Å². The lowest BCUT2D eigenvalue weighted by Crippen LogP contribution is -2.39. The lowest BCUT2D eigenvalue weighted by Gasteiger charge is -2.38. The number of carbonyl (C=O) groups is 1. The molecule has 0 amide bonds. The van der Waals surface area contributed by atoms with Crippen LogP contribution in [0.5, 0.6) is 0 Å². The van der Waals surface area contributed by atoms with Crippen LogP contribution in [-0.2, 0) is 4.79 Å². The summed E-state index contributed by atoms with van der Waals surface area (Å²) >= 11 is 0. The number of rotatable bonds is 36. The maximum atomic E-state index is 13.4. The van der Waals surface area contributed by atoms with Gasteiger partial charge in [0.1, 0.15) is 0 Å². The number of allylic oxidation sites excluding steroid dienone is 11. The fraction of sp³-hybridized carbons (Fsp3) is 0.717. The van der Waals surface area contributed by atoms with E-state index in [4.69, 9.17) is 0 Å². The molecule has 0 aromatic heterocycles. The highest BCUT2D eigenvalue weighted by Crippen LogP contribution is 2.45. The average molecular weight is 665 g/mol. The van der Waals surface area contributed by atoms with E-state index in [2.05, 4.69) is 76.0 Å². The van der Waals surface area contributed by atoms with Crippen LogP contribution in [0, 0.1) is 11.3 Å². The molecule has 0 aromatic rings. The molecule has 0 heterocycles. The Morgan fingerprint density at radius 3 is 1.54 bits per heavy atom. The molecule has 0 radical (unpaired) electrons. The van der Waals surface area contributed by atoms with E-state index in [1.807, 2.05) is 12.2 Å². The fourth-order valence-corrected chi connectivity index (χ4v) is 7.04. The van der Waals surface area contributed by atoms with Crippen LogP contribution in [0.2, 0.25) is 0 Å². The van der Waals surface area contributed by atoms with E-state index in [1.165, 1.54) is 96.3 Å². The highest BCUT2D eigenvalue weighted by Gasteiger charge is 2.43. The monoisotopic (exact) mass is 665 g/mol. The van der Waals surface area contributed by atoms with Gasteiger partial charge in [-0.3, -0.25) is 4.79 Å². The molecule has 276 valence electrons. The Kier molecular flexibility index (Phi) is 34.6. The van der Waals surface area contributed by atoms with Gasteiger partial charge in [-0.05, 0) is 76.5 Å². The predicted octanol–water partition coefficient (Wildman–Crippen LogP) is 15.6. The Labute approximate surface area is 300 Å². The molecule has 2 atom stereocenters. The van der Waals surface area contributed by atoms with E-state index in [-0.39, 0.29) is 0 Å². The van der Waals surface area contributed by atoms with Crippen molar-refractivity contribution in [2.75, 3.05) is 0 Å². The van der Waals surface area contributed by atoms with Crippen molar-refractivity contribution in [1.82, 2.24) is 0 Å². The molecule has 0 rings (SSSR count). The Hall–Kier alpha value is -2.09. The first-order valence-corrected chi connectivity index (χ1v) is 20.7. The van der Waals surface area contributed by atoms with Crippen LogP contribution < -0.4 is 0 Å². The highest BCUT2D eigenvalue weighted by atomic mass is 16.4. The van der Waals surface area contributed by atoms with E-state index in [9.17, 15) is 9.90 Å². The van der Waals surface area contributed by atoms with Gasteiger partial charge in [0.15, 0.2) is 0 Å². The molecular weight excluding hydrogens is 585 g/mol. The summed E-state index contributed by atoms with van der Waals surface area (Å²) < 4.78 is 0. The van der Waals surface area contributed by atoms with Gasteiger partial charge in [0.25, 0.3) is 0 Å². The molecule has 0 bridgehead atoms. The first-order valence-electron chi connectivity index (χ1n) is 20.7. The number of unbranched alkanes of at least 4 members (excludes halogenated alkanes) is 17. The van der Waals surface area contributed by atoms with Crippen LogP contribution in [0.1, 0.15) is 201 Å². The summed E-state index contributed by atoms with van der Waals surface area (Å²) in [4.78, 5) is 13.4. The Morgan fingerprint density at radius 2 is 1.00 bits per heavy atom. The van der Waals surface area contributed by atoms with Crippen molar-refractivity contribution in [1.29, 1.82) is 0 Å². The van der Waals surface area contributed by atoms with Crippen LogP contribution in [0.25, 0.3) is 0 Å². The first kappa shape index (κ1) is 45.9. The molecule has 2 heteroatoms. The van der Waals surface area contributed by atoms with Gasteiger partial charge in [0.05, 0.1) is 5.41 Å². The third kappa shape index (κ3) is 26.8. The minimum Gasteiger partial charge on any atom is -0.481 e. The van der Waals surface area contributed by atoms with E-state index in [0.29, 0.717) is 5.92 Å². The molecule has 0 aliphatic rings. The molecule has 0 saturated heterocycles. The summed E-state index contributed by atoms with van der Waals surface area (Å²) in [5.41, 5.74) is -0.553. The normalized spacial score (nSPS) is 14.3. The van der Waals surface area contributed by atoms with Gasteiger partial charge in [-0.2, -0.15) is 0 Å². The van der Waals surface area contributed by atoms with Crippen LogP contribution in [0.4, 0.5) is 0 Å². The first-order chi connectivity index (χ1) is 23.6. The third-order valence-corrected chi connectivity index (χ3v) is 10.0. The van der Waals surface area contributed by atoms with Gasteiger partial charge in [0, 0.05) is 0 Å². The van der Waals surface area contributed by atoms with Gasteiger partial charge in [-0.25, -0.2) is 0 Å². The molecule has 1 N–H and O–H groups in total. The summed E-state index contributed by atoms with van der Waals surface area (Å²) in [5.74, 6) is -0.194. The number of hydrogen-bond acceptors (Lipinski definition) is 1. The summed E-state index contributed by atoms with van der Waals surface area (Å²) in [6.45, 7) is 10.4. The minimum absolute atomic E-state index is 0.302. The number of hydrogen-bond donors (Lipinski definition) is 1. The largest absolute Gasteiger partial charge is 0.481 e. The Balaban J connectivity index is 5.25. The number of aliphatic carboxylic acids is 1. The zero-order valence-electron chi connectivity index (χ0n) is 32.3. The van der Waals surface area contributed by atoms with Crippen molar-refractivity contribution in [2.24, 2.45) is 11.3 Å². The Bertz CT molecular complexity index is 859. The van der Waals surface area contributed by atoms with Crippen molar-refractivity contribution < 1.29 is 9.90 Å². The molecular formula is C46H80O2. The Morgan fingerprint density at radius 1 is 0.542 bits per heavy atom. The van der Waals surface area contributed by atoms with Gasteiger partial charge in [0.2, 0.25) is 0 Å². The second-order valence-corrected chi connectivity index (χ2v) is 14.2. The molecule has 0 spiro atoms. The molecule has 0 aromatic carbocycles. The van der Waals surface area contributed by atoms with Crippen LogP contribution >= 0.6 is 0 Å². The van der Waals surface area contributed by atoms with Crippen LogP contribution in [0.3, 0.4) is 0 Å². The van der Waals surface area contributed by atoms with Crippen molar-refractivity contribution in [3.8, 4) is 0 Å². The fourth-order valence-electron chi connectivity index (χ4n) is 7.04. The zero-order chi connectivity index (χ0) is 35.2. The summed E-state index contributed by atoms with van der Waals surface area (Å²) in [7, 11) is 0. The average Bonchev–Trinajstić information content (AvgIpc) is 3.08. The van der Waals surface area contributed by atoms with E-state index in [0.717, 1.165) is 83.5 Å². The third-order valence-electron chi connectivity index (χ3n) is 10.0. The van der Waals surface area contributed by atoms with Gasteiger partial charge in [-0.1, -0.05) is 203 Å². The summed E-state index contributed by atoms with van der Waals surface area (Å²) in [6.07, 6.45) is 56.2. The van der Waals surface area contributed by atoms with Crippen LogP contribution in [0.15, 0.2) is 73.4 Å². The molecule has 48 heavy (non-hydrogen) atoms. The summed E-state index contributed by atoms with van der Waals surface area (Å²) in [6, 6.07) is 0. The van der Waals surface area contributed by atoms with E-state index >= 15 is 0 Å². The van der Waals surface area contributed by atoms with Crippen molar-refractivity contribution >= 4 is 5.97 Å². The lowest BCUT2D eigenvalue weighted by atomic mass is 9.65. The second kappa shape index (κ2) is 36.2. The maximum Gasteiger partial charge on any atom is 0.309 e. The predicted molar refractivity (Wildman–Crippen MR) is 216 cm³/mol. The second-order valence-electron chi connectivity index (χ2n) is 14.2. The standard InChI is InChI=1S/C46H80O2/c1-5-9-13-17-20-23-24-25-26-27-29-32-35-39-43-46(45(47)48,42-38-34-31-22-19-15-11-7-3)44(40-36-16-12-8-4)41-37-33-30-28-21-18-14-10-6-2/h6,9-10,13-14,18,20-21,23,25-26,44H,2,5,7-8,11-12,15-17,19,22,24,27-43H2,1,3-4H3,(H,47,48). The number of carboxylic acid groups (broad SMARTS) is 1. The molecule has 0 saturated carbocycles. The van der Waals surface area contributed by atoms with Gasteiger partial charge in [-0.15, -0.1) is 0 Å². The van der Waals surface area contributed by atoms with Crippen molar-refractivity contribution in [2.45, 2.75) is 201 Å². The highest BCUT2D eigenvalue weighted by molar-refractivity contribution is 5.75. The smallest absolute Gasteiger partial charge is 0.309 e. The molecule has 2 nitrogen and oxygen atoms in total. The molecule has 2 unspecified atom stereocenters. The van der Waals surface area contributed by atoms with Crippen molar-refractivity contribution in [3.63, 3.8) is 0 Å². The quantitative estimate of drug-likeness (QED) is 0.0411. The maximum absolute atomic E-state index is 13.4. The van der Waals surface area contributed by atoms with E-state index < -0.39 is 11.4 Å². The van der Waals surface area contributed by atoms with Gasteiger partial charge < -0.3 is 5.11 Å². The molecule has 0 fully saturated rings. The van der Waals surface area contributed by atoms with Crippen molar-refractivity contribution in [3.05, 3.63) is 73.4 Å².